The maximum Gasteiger partial charge on any atom is 0.324 e. The maximum absolute atomic E-state index is 11.7. The number of fused-ring (bicyclic) bond motifs is 1. The van der Waals surface area contributed by atoms with Crippen LogP contribution >= 0.6 is 0 Å². The molecule has 3 amide bonds. The van der Waals surface area contributed by atoms with Crippen LogP contribution in [0.2, 0.25) is 0 Å². The normalized spacial score (nSPS) is 19.4. The van der Waals surface area contributed by atoms with Crippen molar-refractivity contribution in [3.05, 3.63) is 36.2 Å². The van der Waals surface area contributed by atoms with E-state index in [1.54, 1.807) is 37.6 Å². The fraction of sp³-hybridized carbons (Fsp3) is 0.167. The highest BCUT2D eigenvalue weighted by atomic mass is 16.2. The molecule has 2 heterocycles. The van der Waals surface area contributed by atoms with Crippen molar-refractivity contribution in [1.29, 1.82) is 0 Å². The van der Waals surface area contributed by atoms with Gasteiger partial charge in [-0.15, -0.1) is 0 Å². The van der Waals surface area contributed by atoms with Gasteiger partial charge in [0.25, 0.3) is 5.91 Å². The van der Waals surface area contributed by atoms with E-state index in [-0.39, 0.29) is 11.9 Å². The number of rotatable bonds is 1. The van der Waals surface area contributed by atoms with Gasteiger partial charge in [-0.3, -0.25) is 20.1 Å². The Labute approximate surface area is 103 Å². The van der Waals surface area contributed by atoms with E-state index in [9.17, 15) is 9.59 Å². The molecule has 3 rings (SSSR count). The van der Waals surface area contributed by atoms with Gasteiger partial charge in [0.05, 0.1) is 11.0 Å². The third-order valence-electron chi connectivity index (χ3n) is 3.00. The van der Waals surface area contributed by atoms with Gasteiger partial charge in [0, 0.05) is 19.4 Å². The van der Waals surface area contributed by atoms with Gasteiger partial charge in [-0.2, -0.15) is 0 Å². The molecule has 1 aromatic carbocycles. The number of nitrogens with one attached hydrogen (secondary N) is 1. The Kier molecular flexibility index (Phi) is 2.22. The summed E-state index contributed by atoms with van der Waals surface area (Å²) in [5.74, 6) is -0.314. The van der Waals surface area contributed by atoms with Crippen LogP contribution in [0.1, 0.15) is 11.6 Å². The predicted octanol–water partition coefficient (Wildman–Crippen LogP) is 0.852. The highest BCUT2D eigenvalue weighted by molar-refractivity contribution is 6.04. The van der Waals surface area contributed by atoms with E-state index in [1.165, 1.54) is 4.90 Å². The maximum atomic E-state index is 11.7. The van der Waals surface area contributed by atoms with Crippen molar-refractivity contribution in [2.75, 3.05) is 7.05 Å². The molecule has 2 aromatic rings. The minimum atomic E-state index is -0.594. The number of imide groups is 1. The molecule has 6 heteroatoms. The molecule has 1 unspecified atom stereocenters. The third kappa shape index (κ3) is 1.50. The van der Waals surface area contributed by atoms with Gasteiger partial charge in [0.2, 0.25) is 0 Å². The molecule has 1 saturated heterocycles. The van der Waals surface area contributed by atoms with Crippen LogP contribution in [0.3, 0.4) is 0 Å². The van der Waals surface area contributed by atoms with Crippen LogP contribution in [-0.4, -0.2) is 33.9 Å². The number of benzene rings is 1. The van der Waals surface area contributed by atoms with E-state index in [0.717, 1.165) is 11.1 Å². The minimum absolute atomic E-state index is 0.314. The van der Waals surface area contributed by atoms with Crippen LogP contribution in [0.4, 0.5) is 4.79 Å². The van der Waals surface area contributed by atoms with Gasteiger partial charge in [0.1, 0.15) is 6.04 Å². The molecule has 0 radical (unpaired) electrons. The van der Waals surface area contributed by atoms with Gasteiger partial charge in [-0.1, -0.05) is 6.07 Å². The lowest BCUT2D eigenvalue weighted by molar-refractivity contribution is -0.121. The summed E-state index contributed by atoms with van der Waals surface area (Å²) in [5, 5.41) is 2.28. The van der Waals surface area contributed by atoms with Crippen molar-refractivity contribution in [2.45, 2.75) is 6.04 Å². The summed E-state index contributed by atoms with van der Waals surface area (Å²) in [6.45, 7) is 0. The molecule has 90 valence electrons. The number of likely N-dealkylation sites (N-methyl/N-ethyl adjacent to an activating group) is 1. The van der Waals surface area contributed by atoms with Crippen molar-refractivity contribution >= 4 is 23.0 Å². The molecule has 1 atom stereocenters. The summed E-state index contributed by atoms with van der Waals surface area (Å²) in [6.07, 6.45) is 3.20. The summed E-state index contributed by atoms with van der Waals surface area (Å²) in [4.78, 5) is 32.8. The Morgan fingerprint density at radius 2 is 1.89 bits per heavy atom. The van der Waals surface area contributed by atoms with Gasteiger partial charge in [-0.05, 0) is 17.7 Å². The second kappa shape index (κ2) is 3.76. The lowest BCUT2D eigenvalue weighted by atomic mass is 10.1. The lowest BCUT2D eigenvalue weighted by Crippen LogP contribution is -2.25. The molecule has 1 aromatic heterocycles. The molecule has 1 N–H and O–H groups in total. The summed E-state index contributed by atoms with van der Waals surface area (Å²) >= 11 is 0. The molecular formula is C12H10N4O2. The average molecular weight is 242 g/mol. The quantitative estimate of drug-likeness (QED) is 0.752. The zero-order valence-corrected chi connectivity index (χ0v) is 9.62. The van der Waals surface area contributed by atoms with E-state index < -0.39 is 6.04 Å². The predicted molar refractivity (Wildman–Crippen MR) is 63.6 cm³/mol. The van der Waals surface area contributed by atoms with Crippen molar-refractivity contribution in [3.8, 4) is 0 Å². The fourth-order valence-electron chi connectivity index (χ4n) is 2.08. The standard InChI is InChI=1S/C12H10N4O2/c1-16-10(11(17)15-12(16)18)7-2-3-8-9(6-7)14-5-4-13-8/h2-6,10H,1H3,(H,15,17,18). The fourth-order valence-corrected chi connectivity index (χ4v) is 2.08. The number of nitrogens with zero attached hydrogens (tertiary/aromatic N) is 3. The minimum Gasteiger partial charge on any atom is -0.311 e. The number of aromatic nitrogens is 2. The first kappa shape index (κ1) is 10.6. The van der Waals surface area contributed by atoms with Gasteiger partial charge >= 0.3 is 6.03 Å². The summed E-state index contributed by atoms with van der Waals surface area (Å²) in [6, 6.07) is 4.38. The largest absolute Gasteiger partial charge is 0.324 e. The zero-order chi connectivity index (χ0) is 12.7. The SMILES string of the molecule is CN1C(=O)NC(=O)C1c1ccc2nccnc2c1. The monoisotopic (exact) mass is 242 g/mol. The van der Waals surface area contributed by atoms with Crippen LogP contribution in [-0.2, 0) is 4.79 Å². The van der Waals surface area contributed by atoms with Crippen LogP contribution in [0, 0.1) is 0 Å². The Morgan fingerprint density at radius 3 is 2.56 bits per heavy atom. The van der Waals surface area contributed by atoms with E-state index >= 15 is 0 Å². The smallest absolute Gasteiger partial charge is 0.311 e. The second-order valence-electron chi connectivity index (χ2n) is 4.11. The molecule has 0 saturated carbocycles. The number of hydrogen-bond donors (Lipinski definition) is 1. The average Bonchev–Trinajstić information content (AvgIpc) is 2.63. The number of amides is 3. The molecular weight excluding hydrogens is 232 g/mol. The highest BCUT2D eigenvalue weighted by Crippen LogP contribution is 2.25. The Morgan fingerprint density at radius 1 is 1.17 bits per heavy atom. The van der Waals surface area contributed by atoms with Crippen molar-refractivity contribution in [3.63, 3.8) is 0 Å². The zero-order valence-electron chi connectivity index (χ0n) is 9.62. The molecule has 1 aliphatic heterocycles. The number of carbonyl (C=O) groups is 2. The molecule has 18 heavy (non-hydrogen) atoms. The van der Waals surface area contributed by atoms with E-state index in [2.05, 4.69) is 15.3 Å². The lowest BCUT2D eigenvalue weighted by Gasteiger charge is -2.16. The van der Waals surface area contributed by atoms with Crippen LogP contribution < -0.4 is 5.32 Å². The van der Waals surface area contributed by atoms with Crippen molar-refractivity contribution in [2.24, 2.45) is 0 Å². The van der Waals surface area contributed by atoms with E-state index in [1.807, 2.05) is 0 Å². The molecule has 0 bridgehead atoms. The van der Waals surface area contributed by atoms with Crippen LogP contribution in [0.5, 0.6) is 0 Å². The Hall–Kier alpha value is -2.50. The Balaban J connectivity index is 2.09. The molecule has 1 aliphatic rings. The molecule has 0 aliphatic carbocycles. The first-order valence-electron chi connectivity index (χ1n) is 5.45. The molecule has 0 spiro atoms. The summed E-state index contributed by atoms with van der Waals surface area (Å²) in [7, 11) is 1.59. The summed E-state index contributed by atoms with van der Waals surface area (Å²) in [5.41, 5.74) is 2.19. The number of hydrogen-bond acceptors (Lipinski definition) is 4. The second-order valence-corrected chi connectivity index (χ2v) is 4.11. The van der Waals surface area contributed by atoms with Crippen molar-refractivity contribution in [1.82, 2.24) is 20.2 Å². The topological polar surface area (TPSA) is 75.2 Å². The van der Waals surface area contributed by atoms with E-state index in [4.69, 9.17) is 0 Å². The summed E-state index contributed by atoms with van der Waals surface area (Å²) < 4.78 is 0. The molecule has 1 fully saturated rings. The Bertz CT molecular complexity index is 655. The molecule has 6 nitrogen and oxygen atoms in total. The van der Waals surface area contributed by atoms with Gasteiger partial charge < -0.3 is 4.90 Å². The first-order valence-corrected chi connectivity index (χ1v) is 5.45. The third-order valence-corrected chi connectivity index (χ3v) is 3.00. The van der Waals surface area contributed by atoms with Crippen molar-refractivity contribution < 1.29 is 9.59 Å². The first-order chi connectivity index (χ1) is 8.66. The van der Waals surface area contributed by atoms with Crippen LogP contribution in [0.25, 0.3) is 11.0 Å². The van der Waals surface area contributed by atoms with Gasteiger partial charge in [-0.25, -0.2) is 4.79 Å². The highest BCUT2D eigenvalue weighted by Gasteiger charge is 2.36. The van der Waals surface area contributed by atoms with E-state index in [0.29, 0.717) is 5.52 Å². The number of carbonyl (C=O) groups excluding carboxylic acids is 2. The van der Waals surface area contributed by atoms with Crippen LogP contribution in [0.15, 0.2) is 30.6 Å². The van der Waals surface area contributed by atoms with Gasteiger partial charge in [0.15, 0.2) is 0 Å². The number of urea groups is 1.